The van der Waals surface area contributed by atoms with Crippen molar-refractivity contribution in [2.24, 2.45) is 0 Å². The Hall–Kier alpha value is -0.760. The maximum atomic E-state index is 10.2. The van der Waals surface area contributed by atoms with Gasteiger partial charge in [-0.25, -0.2) is 4.79 Å². The van der Waals surface area contributed by atoms with Gasteiger partial charge in [-0.3, -0.25) is 0 Å². The van der Waals surface area contributed by atoms with Crippen molar-refractivity contribution >= 4 is 17.0 Å². The fraction of sp³-hybridized carbons (Fsp3) is 0.375. The molecule has 0 aromatic carbocycles. The molecule has 62 valence electrons. The minimum absolute atomic E-state index is 0.479. The van der Waals surface area contributed by atoms with Crippen molar-refractivity contribution in [2.45, 2.75) is 20.3 Å². The van der Waals surface area contributed by atoms with E-state index in [0.717, 1.165) is 6.42 Å². The van der Waals surface area contributed by atoms with Crippen molar-refractivity contribution in [3.05, 3.63) is 24.0 Å². The molecule has 0 aliphatic rings. The van der Waals surface area contributed by atoms with Crippen LogP contribution in [0.5, 0.6) is 0 Å². The number of rotatable bonds is 3. The molecule has 11 heavy (non-hydrogen) atoms. The fourth-order valence-corrected chi connectivity index (χ4v) is 0.605. The standard InChI is InChI=1S/C8H11ClO2/c1-3-5-6-7(4-2)11-8(9)10/h4-6H,3H2,1-2H3/b6-5-,7-4+. The van der Waals surface area contributed by atoms with Crippen LogP contribution in [-0.4, -0.2) is 5.43 Å². The molecule has 0 aliphatic carbocycles. The first-order chi connectivity index (χ1) is 5.20. The summed E-state index contributed by atoms with van der Waals surface area (Å²) in [5, 5.41) is 0. The molecule has 0 rings (SSSR count). The minimum Gasteiger partial charge on any atom is -0.415 e. The molecular weight excluding hydrogens is 164 g/mol. The third-order valence-electron chi connectivity index (χ3n) is 1.00. The normalized spacial score (nSPS) is 12.1. The molecule has 0 unspecified atom stereocenters. The number of hydrogen-bond donors (Lipinski definition) is 0. The highest BCUT2D eigenvalue weighted by Gasteiger charge is 1.96. The van der Waals surface area contributed by atoms with Crippen LogP contribution in [-0.2, 0) is 4.74 Å². The average molecular weight is 175 g/mol. The first-order valence-corrected chi connectivity index (χ1v) is 3.78. The number of allylic oxidation sites excluding steroid dienone is 3. The van der Waals surface area contributed by atoms with Crippen LogP contribution in [0.1, 0.15) is 20.3 Å². The number of carbonyl (C=O) groups excluding carboxylic acids is 1. The molecule has 0 saturated carbocycles. The Bertz CT molecular complexity index is 183. The smallest absolute Gasteiger partial charge is 0.409 e. The molecule has 0 saturated heterocycles. The van der Waals surface area contributed by atoms with E-state index in [1.807, 2.05) is 13.0 Å². The molecular formula is C8H11ClO2. The van der Waals surface area contributed by atoms with Gasteiger partial charge in [0.15, 0.2) is 0 Å². The first-order valence-electron chi connectivity index (χ1n) is 3.40. The largest absolute Gasteiger partial charge is 0.415 e. The van der Waals surface area contributed by atoms with E-state index in [4.69, 9.17) is 11.6 Å². The summed E-state index contributed by atoms with van der Waals surface area (Å²) < 4.78 is 4.60. The second-order valence-electron chi connectivity index (χ2n) is 1.84. The summed E-state index contributed by atoms with van der Waals surface area (Å²) >= 11 is 4.99. The summed E-state index contributed by atoms with van der Waals surface area (Å²) in [6, 6.07) is 0. The van der Waals surface area contributed by atoms with Crippen molar-refractivity contribution in [1.29, 1.82) is 0 Å². The van der Waals surface area contributed by atoms with E-state index < -0.39 is 5.43 Å². The van der Waals surface area contributed by atoms with Crippen molar-refractivity contribution in [3.63, 3.8) is 0 Å². The zero-order valence-corrected chi connectivity index (χ0v) is 7.39. The Balaban J connectivity index is 3.98. The lowest BCUT2D eigenvalue weighted by Crippen LogP contribution is -1.90. The van der Waals surface area contributed by atoms with Crippen molar-refractivity contribution in [3.8, 4) is 0 Å². The fourth-order valence-electron chi connectivity index (χ4n) is 0.516. The predicted octanol–water partition coefficient (Wildman–Crippen LogP) is 3.23. The number of halogens is 1. The molecule has 0 fully saturated rings. The lowest BCUT2D eigenvalue weighted by Gasteiger charge is -1.97. The van der Waals surface area contributed by atoms with Crippen molar-refractivity contribution < 1.29 is 9.53 Å². The highest BCUT2D eigenvalue weighted by atomic mass is 35.5. The van der Waals surface area contributed by atoms with Gasteiger partial charge in [0.25, 0.3) is 0 Å². The van der Waals surface area contributed by atoms with Gasteiger partial charge >= 0.3 is 5.43 Å². The van der Waals surface area contributed by atoms with E-state index in [1.165, 1.54) is 0 Å². The molecule has 0 radical (unpaired) electrons. The SMILES string of the molecule is C/C=C(\C=C/CC)OC(=O)Cl. The van der Waals surface area contributed by atoms with Gasteiger partial charge in [-0.1, -0.05) is 13.0 Å². The number of carbonyl (C=O) groups is 1. The Morgan fingerprint density at radius 1 is 1.64 bits per heavy atom. The third-order valence-corrected chi connectivity index (χ3v) is 1.08. The first kappa shape index (κ1) is 10.2. The van der Waals surface area contributed by atoms with Gasteiger partial charge in [-0.2, -0.15) is 0 Å². The lowest BCUT2D eigenvalue weighted by molar-refractivity contribution is 0.206. The molecule has 3 heteroatoms. The average Bonchev–Trinajstić information content (AvgIpc) is 1.97. The minimum atomic E-state index is -0.807. The molecule has 0 aliphatic heterocycles. The van der Waals surface area contributed by atoms with Gasteiger partial charge in [0.05, 0.1) is 0 Å². The zero-order valence-electron chi connectivity index (χ0n) is 6.63. The van der Waals surface area contributed by atoms with E-state index in [0.29, 0.717) is 5.76 Å². The lowest BCUT2D eigenvalue weighted by atomic mass is 10.3. The van der Waals surface area contributed by atoms with Crippen molar-refractivity contribution in [1.82, 2.24) is 0 Å². The van der Waals surface area contributed by atoms with Crippen LogP contribution in [0, 0.1) is 0 Å². The predicted molar refractivity (Wildman–Crippen MR) is 45.5 cm³/mol. The molecule has 0 bridgehead atoms. The summed E-state index contributed by atoms with van der Waals surface area (Å²) in [7, 11) is 0. The van der Waals surface area contributed by atoms with E-state index >= 15 is 0 Å². The summed E-state index contributed by atoms with van der Waals surface area (Å²) in [4.78, 5) is 10.2. The Morgan fingerprint density at radius 3 is 2.64 bits per heavy atom. The summed E-state index contributed by atoms with van der Waals surface area (Å²) in [5.74, 6) is 0.479. The molecule has 0 atom stereocenters. The van der Waals surface area contributed by atoms with Gasteiger partial charge < -0.3 is 4.74 Å². The van der Waals surface area contributed by atoms with Gasteiger partial charge in [0.1, 0.15) is 5.76 Å². The van der Waals surface area contributed by atoms with Crippen LogP contribution in [0.15, 0.2) is 24.0 Å². The van der Waals surface area contributed by atoms with Gasteiger partial charge in [0.2, 0.25) is 0 Å². The van der Waals surface area contributed by atoms with E-state index in [-0.39, 0.29) is 0 Å². The number of ether oxygens (including phenoxy) is 1. The second-order valence-corrected chi connectivity index (χ2v) is 2.15. The Morgan fingerprint density at radius 2 is 2.27 bits per heavy atom. The van der Waals surface area contributed by atoms with Crippen LogP contribution < -0.4 is 0 Å². The van der Waals surface area contributed by atoms with Crippen molar-refractivity contribution in [2.75, 3.05) is 0 Å². The highest BCUT2D eigenvalue weighted by molar-refractivity contribution is 6.61. The maximum absolute atomic E-state index is 10.2. The quantitative estimate of drug-likeness (QED) is 0.373. The van der Waals surface area contributed by atoms with Crippen LogP contribution >= 0.6 is 11.6 Å². The Kier molecular flexibility index (Phi) is 5.57. The van der Waals surface area contributed by atoms with E-state index in [9.17, 15) is 4.79 Å². The number of hydrogen-bond acceptors (Lipinski definition) is 2. The van der Waals surface area contributed by atoms with Gasteiger partial charge in [0, 0.05) is 11.6 Å². The second kappa shape index (κ2) is 5.98. The van der Waals surface area contributed by atoms with Crippen LogP contribution in [0.3, 0.4) is 0 Å². The topological polar surface area (TPSA) is 26.3 Å². The van der Waals surface area contributed by atoms with Crippen LogP contribution in [0.25, 0.3) is 0 Å². The van der Waals surface area contributed by atoms with Crippen LogP contribution in [0.2, 0.25) is 0 Å². The molecule has 0 heterocycles. The monoisotopic (exact) mass is 174 g/mol. The van der Waals surface area contributed by atoms with Gasteiger partial charge in [-0.05, 0) is 25.5 Å². The molecule has 0 aromatic rings. The van der Waals surface area contributed by atoms with Crippen LogP contribution in [0.4, 0.5) is 4.79 Å². The molecule has 0 spiro atoms. The summed E-state index contributed by atoms with van der Waals surface area (Å²) in [6.45, 7) is 3.77. The third kappa shape index (κ3) is 5.67. The van der Waals surface area contributed by atoms with E-state index in [2.05, 4.69) is 4.74 Å². The highest BCUT2D eigenvalue weighted by Crippen LogP contribution is 2.03. The summed E-state index contributed by atoms with van der Waals surface area (Å²) in [5.41, 5.74) is -0.807. The molecule has 0 aromatic heterocycles. The molecule has 2 nitrogen and oxygen atoms in total. The van der Waals surface area contributed by atoms with E-state index in [1.54, 1.807) is 19.1 Å². The molecule has 0 N–H and O–H groups in total. The molecule has 0 amide bonds. The Labute approximate surface area is 71.5 Å². The maximum Gasteiger partial charge on any atom is 0.409 e. The zero-order chi connectivity index (χ0) is 8.69. The van der Waals surface area contributed by atoms with Gasteiger partial charge in [-0.15, -0.1) is 0 Å². The summed E-state index contributed by atoms with van der Waals surface area (Å²) in [6.07, 6.45) is 6.17.